The highest BCUT2D eigenvalue weighted by Gasteiger charge is 2.37. The lowest BCUT2D eigenvalue weighted by Crippen LogP contribution is -2.39. The third kappa shape index (κ3) is 4.61. The molecule has 1 N–H and O–H groups in total. The molecule has 0 saturated carbocycles. The Morgan fingerprint density at radius 2 is 2.04 bits per heavy atom. The van der Waals surface area contributed by atoms with E-state index in [9.17, 15) is 9.59 Å². The topological polar surface area (TPSA) is 68.3 Å². The summed E-state index contributed by atoms with van der Waals surface area (Å²) in [5.41, 5.74) is 0.0454. The molecule has 0 unspecified atom stereocenters. The number of amides is 1. The van der Waals surface area contributed by atoms with E-state index in [1.165, 1.54) is 0 Å². The second-order valence-electron chi connectivity index (χ2n) is 6.67. The van der Waals surface area contributed by atoms with Crippen molar-refractivity contribution in [3.63, 3.8) is 0 Å². The summed E-state index contributed by atoms with van der Waals surface area (Å²) < 4.78 is 5.32. The number of Topliss-reactive ketones (excluding diaryl/α,β-unsaturated/α-hetero) is 1. The number of anilines is 1. The van der Waals surface area contributed by atoms with Crippen LogP contribution in [0.25, 0.3) is 0 Å². The van der Waals surface area contributed by atoms with Gasteiger partial charge >= 0.3 is 0 Å². The van der Waals surface area contributed by atoms with E-state index in [-0.39, 0.29) is 11.7 Å². The van der Waals surface area contributed by atoms with Gasteiger partial charge in [-0.25, -0.2) is 4.98 Å². The Morgan fingerprint density at radius 3 is 2.70 bits per heavy atom. The number of rotatable bonds is 6. The monoisotopic (exact) mass is 318 g/mol. The predicted molar refractivity (Wildman–Crippen MR) is 89.2 cm³/mol. The molecule has 0 atom stereocenters. The van der Waals surface area contributed by atoms with Crippen LogP contribution in [0.15, 0.2) is 18.3 Å². The molecule has 0 spiro atoms. The number of ether oxygens (including phenoxy) is 1. The van der Waals surface area contributed by atoms with Gasteiger partial charge in [0.15, 0.2) is 0 Å². The molecule has 0 aromatic carbocycles. The number of ketones is 1. The number of carbonyl (C=O) groups excluding carboxylic acids is 2. The number of carbonyl (C=O) groups is 2. The molecule has 5 heteroatoms. The third-order valence-corrected chi connectivity index (χ3v) is 4.55. The summed E-state index contributed by atoms with van der Waals surface area (Å²) in [6.45, 7) is 6.83. The highest BCUT2D eigenvalue weighted by atomic mass is 16.5. The lowest BCUT2D eigenvalue weighted by molar-refractivity contribution is -0.137. The first kappa shape index (κ1) is 17.6. The van der Waals surface area contributed by atoms with E-state index in [1.54, 1.807) is 20.0 Å². The maximum absolute atomic E-state index is 12.6. The lowest BCUT2D eigenvalue weighted by Gasteiger charge is -2.26. The summed E-state index contributed by atoms with van der Waals surface area (Å²) >= 11 is 0. The molecule has 0 radical (unpaired) electrons. The van der Waals surface area contributed by atoms with Crippen LogP contribution in [0.3, 0.4) is 0 Å². The fourth-order valence-corrected chi connectivity index (χ4v) is 2.63. The van der Waals surface area contributed by atoms with Crippen molar-refractivity contribution in [2.75, 3.05) is 18.5 Å². The van der Waals surface area contributed by atoms with Crippen molar-refractivity contribution < 1.29 is 14.3 Å². The van der Waals surface area contributed by atoms with Crippen molar-refractivity contribution in [2.45, 2.75) is 46.5 Å². The number of pyridine rings is 1. The standard InChI is InChI=1S/C18H26N2O3/c1-4-13-5-8-19-16(12-13)20-17(22)18(2,3)15(21)11-14-6-9-23-10-7-14/h5,8,12,14H,4,6-7,9-11H2,1-3H3,(H,19,20,22). The summed E-state index contributed by atoms with van der Waals surface area (Å²) in [7, 11) is 0. The van der Waals surface area contributed by atoms with Crippen molar-refractivity contribution in [1.82, 2.24) is 4.98 Å². The second-order valence-corrected chi connectivity index (χ2v) is 6.67. The highest BCUT2D eigenvalue weighted by Crippen LogP contribution is 2.27. The number of hydrogen-bond donors (Lipinski definition) is 1. The van der Waals surface area contributed by atoms with Gasteiger partial charge in [-0.2, -0.15) is 0 Å². The molecule has 1 saturated heterocycles. The van der Waals surface area contributed by atoms with Gasteiger partial charge in [-0.15, -0.1) is 0 Å². The van der Waals surface area contributed by atoms with Gasteiger partial charge in [0.1, 0.15) is 17.0 Å². The van der Waals surface area contributed by atoms with Gasteiger partial charge in [0, 0.05) is 25.8 Å². The first-order chi connectivity index (χ1) is 10.9. The Morgan fingerprint density at radius 1 is 1.35 bits per heavy atom. The van der Waals surface area contributed by atoms with E-state index in [1.807, 2.05) is 19.1 Å². The fourth-order valence-electron chi connectivity index (χ4n) is 2.63. The highest BCUT2D eigenvalue weighted by molar-refractivity contribution is 6.10. The zero-order chi connectivity index (χ0) is 16.9. The number of hydrogen-bond acceptors (Lipinski definition) is 4. The van der Waals surface area contributed by atoms with Crippen LogP contribution in [0.1, 0.15) is 45.6 Å². The van der Waals surface area contributed by atoms with Crippen molar-refractivity contribution >= 4 is 17.5 Å². The Hall–Kier alpha value is -1.75. The molecule has 1 aliphatic heterocycles. The molecule has 2 heterocycles. The largest absolute Gasteiger partial charge is 0.381 e. The number of aryl methyl sites for hydroxylation is 1. The number of nitrogens with zero attached hydrogens (tertiary/aromatic N) is 1. The summed E-state index contributed by atoms with van der Waals surface area (Å²) in [5.74, 6) is 0.509. The quantitative estimate of drug-likeness (QED) is 0.819. The molecule has 5 nitrogen and oxygen atoms in total. The van der Waals surface area contributed by atoms with Crippen molar-refractivity contribution in [3.05, 3.63) is 23.9 Å². The van der Waals surface area contributed by atoms with E-state index in [0.717, 1.165) is 24.8 Å². The average Bonchev–Trinajstić information content (AvgIpc) is 2.55. The first-order valence-corrected chi connectivity index (χ1v) is 8.31. The maximum atomic E-state index is 12.6. The molecule has 0 bridgehead atoms. The zero-order valence-corrected chi connectivity index (χ0v) is 14.2. The normalized spacial score (nSPS) is 16.1. The fraction of sp³-hybridized carbons (Fsp3) is 0.611. The van der Waals surface area contributed by atoms with Crippen LogP contribution in [0.5, 0.6) is 0 Å². The molecule has 1 aromatic heterocycles. The summed E-state index contributed by atoms with van der Waals surface area (Å²) in [6, 6.07) is 3.76. The third-order valence-electron chi connectivity index (χ3n) is 4.55. The maximum Gasteiger partial charge on any atom is 0.238 e. The van der Waals surface area contributed by atoms with Crippen LogP contribution >= 0.6 is 0 Å². The molecule has 1 amide bonds. The minimum atomic E-state index is -1.05. The van der Waals surface area contributed by atoms with E-state index in [2.05, 4.69) is 10.3 Å². The Bertz CT molecular complexity index is 563. The van der Waals surface area contributed by atoms with Crippen molar-refractivity contribution in [3.8, 4) is 0 Å². The smallest absolute Gasteiger partial charge is 0.238 e. The minimum Gasteiger partial charge on any atom is -0.381 e. The van der Waals surface area contributed by atoms with Gasteiger partial charge in [-0.05, 0) is 56.7 Å². The van der Waals surface area contributed by atoms with Crippen LogP contribution in [0, 0.1) is 11.3 Å². The Labute approximate surface area is 137 Å². The molecule has 23 heavy (non-hydrogen) atoms. The molecule has 2 rings (SSSR count). The van der Waals surface area contributed by atoms with Crippen LogP contribution in [-0.2, 0) is 20.7 Å². The molecule has 0 aliphatic carbocycles. The molecule has 126 valence electrons. The Kier molecular flexibility index (Phi) is 5.88. The Balaban J connectivity index is 1.98. The van der Waals surface area contributed by atoms with Crippen molar-refractivity contribution in [2.24, 2.45) is 11.3 Å². The van der Waals surface area contributed by atoms with E-state index in [4.69, 9.17) is 4.74 Å². The molecule has 1 fully saturated rings. The summed E-state index contributed by atoms with van der Waals surface area (Å²) in [6.07, 6.45) is 4.77. The first-order valence-electron chi connectivity index (χ1n) is 8.31. The van der Waals surface area contributed by atoms with E-state index >= 15 is 0 Å². The average molecular weight is 318 g/mol. The molecule has 1 aliphatic rings. The van der Waals surface area contributed by atoms with Gasteiger partial charge in [0.05, 0.1) is 0 Å². The minimum absolute atomic E-state index is 0.0199. The summed E-state index contributed by atoms with van der Waals surface area (Å²) in [5, 5.41) is 2.78. The zero-order valence-electron chi connectivity index (χ0n) is 14.2. The van der Waals surface area contributed by atoms with Gasteiger partial charge in [0.2, 0.25) is 5.91 Å². The van der Waals surface area contributed by atoms with E-state index < -0.39 is 5.41 Å². The lowest BCUT2D eigenvalue weighted by atomic mass is 9.80. The van der Waals surface area contributed by atoms with Crippen molar-refractivity contribution in [1.29, 1.82) is 0 Å². The SMILES string of the molecule is CCc1ccnc(NC(=O)C(C)(C)C(=O)CC2CCOCC2)c1. The predicted octanol–water partition coefficient (Wildman–Crippen LogP) is 2.99. The number of nitrogens with one attached hydrogen (secondary N) is 1. The van der Waals surface area contributed by atoms with Crippen LogP contribution in [0.4, 0.5) is 5.82 Å². The van der Waals surface area contributed by atoms with Gasteiger partial charge in [-0.1, -0.05) is 6.92 Å². The van der Waals surface area contributed by atoms with Gasteiger partial charge in [0.25, 0.3) is 0 Å². The van der Waals surface area contributed by atoms with Crippen LogP contribution < -0.4 is 5.32 Å². The molecular formula is C18H26N2O3. The summed E-state index contributed by atoms with van der Waals surface area (Å²) in [4.78, 5) is 29.2. The molecular weight excluding hydrogens is 292 g/mol. The van der Waals surface area contributed by atoms with E-state index in [0.29, 0.717) is 31.4 Å². The molecule has 1 aromatic rings. The van der Waals surface area contributed by atoms with Gasteiger partial charge < -0.3 is 10.1 Å². The number of aromatic nitrogens is 1. The van der Waals surface area contributed by atoms with Gasteiger partial charge in [-0.3, -0.25) is 9.59 Å². The second kappa shape index (κ2) is 7.68. The van der Waals surface area contributed by atoms with Crippen LogP contribution in [-0.4, -0.2) is 29.9 Å². The van der Waals surface area contributed by atoms with Crippen LogP contribution in [0.2, 0.25) is 0 Å².